The lowest BCUT2D eigenvalue weighted by atomic mass is 10.1. The molecule has 1 N–H and O–H groups in total. The van der Waals surface area contributed by atoms with E-state index < -0.39 is 5.97 Å². The third kappa shape index (κ3) is 2.45. The maximum atomic E-state index is 11.8. The predicted octanol–water partition coefficient (Wildman–Crippen LogP) is 2.72. The molecular formula is C14H11O3. The first-order chi connectivity index (χ1) is 8.18. The molecule has 0 unspecified atom stereocenters. The Balaban J connectivity index is 2.24. The van der Waals surface area contributed by atoms with Crippen molar-refractivity contribution < 1.29 is 14.6 Å². The van der Waals surface area contributed by atoms with Gasteiger partial charge in [-0.25, -0.2) is 4.79 Å². The number of esters is 1. The van der Waals surface area contributed by atoms with Gasteiger partial charge in [-0.1, -0.05) is 24.3 Å². The van der Waals surface area contributed by atoms with Crippen LogP contribution in [0.25, 0.3) is 0 Å². The molecule has 0 saturated carbocycles. The second-order valence-electron chi connectivity index (χ2n) is 3.57. The summed E-state index contributed by atoms with van der Waals surface area (Å²) in [4.78, 5) is 11.8. The number of aromatic hydroxyl groups is 1. The van der Waals surface area contributed by atoms with E-state index in [2.05, 4.69) is 6.07 Å². The molecule has 0 aliphatic carbocycles. The van der Waals surface area contributed by atoms with Crippen LogP contribution >= 0.6 is 0 Å². The minimum absolute atomic E-state index is 0.0801. The summed E-state index contributed by atoms with van der Waals surface area (Å²) in [7, 11) is 0. The Morgan fingerprint density at radius 3 is 2.76 bits per heavy atom. The summed E-state index contributed by atoms with van der Waals surface area (Å²) in [6, 6.07) is 14.4. The number of phenolic OH excluding ortho intramolecular Hbond substituents is 1. The topological polar surface area (TPSA) is 46.5 Å². The van der Waals surface area contributed by atoms with Gasteiger partial charge in [0.25, 0.3) is 0 Å². The molecule has 17 heavy (non-hydrogen) atoms. The third-order valence-electron chi connectivity index (χ3n) is 2.41. The molecule has 0 heterocycles. The third-order valence-corrected chi connectivity index (χ3v) is 2.41. The SMILES string of the molecule is Cc1c(O)cccc1C(=O)Oc1[c]cccc1. The van der Waals surface area contributed by atoms with Gasteiger partial charge in [-0.2, -0.15) is 0 Å². The van der Waals surface area contributed by atoms with E-state index in [0.717, 1.165) is 0 Å². The number of phenols is 1. The van der Waals surface area contributed by atoms with Gasteiger partial charge in [0.15, 0.2) is 0 Å². The Kier molecular flexibility index (Phi) is 3.10. The van der Waals surface area contributed by atoms with Crippen molar-refractivity contribution in [3.05, 3.63) is 59.7 Å². The predicted molar refractivity (Wildman–Crippen MR) is 63.1 cm³/mol. The van der Waals surface area contributed by atoms with Gasteiger partial charge in [0.2, 0.25) is 0 Å². The molecule has 2 aromatic carbocycles. The Morgan fingerprint density at radius 1 is 1.24 bits per heavy atom. The summed E-state index contributed by atoms with van der Waals surface area (Å²) < 4.78 is 5.13. The first kappa shape index (κ1) is 11.2. The van der Waals surface area contributed by atoms with E-state index in [1.807, 2.05) is 0 Å². The first-order valence-electron chi connectivity index (χ1n) is 5.16. The Bertz CT molecular complexity index is 532. The largest absolute Gasteiger partial charge is 0.508 e. The van der Waals surface area contributed by atoms with Crippen LogP contribution in [0.1, 0.15) is 15.9 Å². The van der Waals surface area contributed by atoms with Crippen LogP contribution in [0.3, 0.4) is 0 Å². The van der Waals surface area contributed by atoms with E-state index in [4.69, 9.17) is 4.74 Å². The average Bonchev–Trinajstić information content (AvgIpc) is 2.34. The van der Waals surface area contributed by atoms with Crippen molar-refractivity contribution in [3.63, 3.8) is 0 Å². The lowest BCUT2D eigenvalue weighted by Gasteiger charge is -2.07. The van der Waals surface area contributed by atoms with E-state index in [9.17, 15) is 9.90 Å². The maximum absolute atomic E-state index is 11.8. The lowest BCUT2D eigenvalue weighted by molar-refractivity contribution is 0.0733. The van der Waals surface area contributed by atoms with Crippen molar-refractivity contribution in [3.8, 4) is 11.5 Å². The minimum Gasteiger partial charge on any atom is -0.508 e. The monoisotopic (exact) mass is 227 g/mol. The van der Waals surface area contributed by atoms with Crippen LogP contribution in [0.15, 0.2) is 42.5 Å². The average molecular weight is 227 g/mol. The molecule has 0 bridgehead atoms. The molecule has 1 radical (unpaired) electrons. The molecule has 0 saturated heterocycles. The van der Waals surface area contributed by atoms with Gasteiger partial charge in [0, 0.05) is 11.6 Å². The van der Waals surface area contributed by atoms with Crippen LogP contribution in [-0.2, 0) is 0 Å². The fourth-order valence-electron chi connectivity index (χ4n) is 1.44. The van der Waals surface area contributed by atoms with Crippen molar-refractivity contribution in [2.75, 3.05) is 0 Å². The summed E-state index contributed by atoms with van der Waals surface area (Å²) in [5.41, 5.74) is 0.857. The number of para-hydroxylation sites is 1. The summed E-state index contributed by atoms with van der Waals surface area (Å²) in [5.74, 6) is -0.0578. The number of ether oxygens (including phenoxy) is 1. The Morgan fingerprint density at radius 2 is 2.06 bits per heavy atom. The van der Waals surface area contributed by atoms with Crippen molar-refractivity contribution >= 4 is 5.97 Å². The van der Waals surface area contributed by atoms with Crippen molar-refractivity contribution in [1.29, 1.82) is 0 Å². The molecule has 0 amide bonds. The van der Waals surface area contributed by atoms with Gasteiger partial charge in [0.1, 0.15) is 11.5 Å². The number of benzene rings is 2. The first-order valence-corrected chi connectivity index (χ1v) is 5.16. The summed E-state index contributed by atoms with van der Waals surface area (Å²) in [5, 5.41) is 9.50. The van der Waals surface area contributed by atoms with Gasteiger partial charge >= 0.3 is 5.97 Å². The highest BCUT2D eigenvalue weighted by Crippen LogP contribution is 2.21. The molecule has 2 rings (SSSR count). The molecule has 0 aliphatic rings. The van der Waals surface area contributed by atoms with Gasteiger partial charge in [-0.05, 0) is 25.1 Å². The summed E-state index contributed by atoms with van der Waals surface area (Å²) in [6.07, 6.45) is 0. The van der Waals surface area contributed by atoms with E-state index in [0.29, 0.717) is 16.9 Å². The Hall–Kier alpha value is -2.29. The zero-order chi connectivity index (χ0) is 12.3. The van der Waals surface area contributed by atoms with Crippen LogP contribution in [0.5, 0.6) is 11.5 Å². The van der Waals surface area contributed by atoms with Gasteiger partial charge in [-0.15, -0.1) is 0 Å². The molecule has 85 valence electrons. The molecule has 3 heteroatoms. The fraction of sp³-hybridized carbons (Fsp3) is 0.0714. The molecule has 0 atom stereocenters. The van der Waals surface area contributed by atoms with E-state index in [-0.39, 0.29) is 5.75 Å². The molecule has 0 aliphatic heterocycles. The number of rotatable bonds is 2. The van der Waals surface area contributed by atoms with Crippen LogP contribution in [0, 0.1) is 13.0 Å². The maximum Gasteiger partial charge on any atom is 0.343 e. The second-order valence-corrected chi connectivity index (χ2v) is 3.57. The molecule has 2 aromatic rings. The lowest BCUT2D eigenvalue weighted by Crippen LogP contribution is -2.10. The molecule has 3 nitrogen and oxygen atoms in total. The van der Waals surface area contributed by atoms with Gasteiger partial charge in [-0.3, -0.25) is 0 Å². The Labute approximate surface area is 99.3 Å². The van der Waals surface area contributed by atoms with Gasteiger partial charge < -0.3 is 9.84 Å². The van der Waals surface area contributed by atoms with Crippen molar-refractivity contribution in [2.45, 2.75) is 6.92 Å². The highest BCUT2D eigenvalue weighted by atomic mass is 16.5. The molecule has 0 aromatic heterocycles. The molecule has 0 spiro atoms. The number of carbonyl (C=O) groups is 1. The van der Waals surface area contributed by atoms with Crippen LogP contribution in [0.4, 0.5) is 0 Å². The highest BCUT2D eigenvalue weighted by molar-refractivity contribution is 5.93. The van der Waals surface area contributed by atoms with Crippen LogP contribution in [0.2, 0.25) is 0 Å². The summed E-state index contributed by atoms with van der Waals surface area (Å²) in [6.45, 7) is 1.67. The second kappa shape index (κ2) is 4.70. The molecular weight excluding hydrogens is 216 g/mol. The van der Waals surface area contributed by atoms with E-state index >= 15 is 0 Å². The summed E-state index contributed by atoms with van der Waals surface area (Å²) >= 11 is 0. The van der Waals surface area contributed by atoms with Crippen molar-refractivity contribution in [1.82, 2.24) is 0 Å². The van der Waals surface area contributed by atoms with E-state index in [1.54, 1.807) is 43.3 Å². The highest BCUT2D eigenvalue weighted by Gasteiger charge is 2.13. The fourth-order valence-corrected chi connectivity index (χ4v) is 1.44. The zero-order valence-electron chi connectivity index (χ0n) is 9.31. The number of carbonyl (C=O) groups excluding carboxylic acids is 1. The van der Waals surface area contributed by atoms with Crippen LogP contribution in [-0.4, -0.2) is 11.1 Å². The number of hydrogen-bond donors (Lipinski definition) is 1. The van der Waals surface area contributed by atoms with Crippen LogP contribution < -0.4 is 4.74 Å². The van der Waals surface area contributed by atoms with Gasteiger partial charge in [0.05, 0.1) is 5.56 Å². The van der Waals surface area contributed by atoms with E-state index in [1.165, 1.54) is 6.07 Å². The standard InChI is InChI=1S/C14H11O3/c1-10-12(8-5-9-13(10)15)14(16)17-11-6-3-2-4-7-11/h2-6,8-9,15H,1H3. The molecule has 0 fully saturated rings. The normalized spacial score (nSPS) is 9.94. The minimum atomic E-state index is -0.499. The smallest absolute Gasteiger partial charge is 0.343 e. The quantitative estimate of drug-likeness (QED) is 0.633. The zero-order valence-corrected chi connectivity index (χ0v) is 9.31. The number of hydrogen-bond acceptors (Lipinski definition) is 3. The van der Waals surface area contributed by atoms with Crippen molar-refractivity contribution in [2.24, 2.45) is 0 Å².